The Balaban J connectivity index is 1.86. The summed E-state index contributed by atoms with van der Waals surface area (Å²) in [5.41, 5.74) is 0. The molecule has 2 heterocycles. The summed E-state index contributed by atoms with van der Waals surface area (Å²) in [7, 11) is 0. The molecule has 7 nitrogen and oxygen atoms in total. The molecule has 1 amide bonds. The Morgan fingerprint density at radius 1 is 1.58 bits per heavy atom. The van der Waals surface area contributed by atoms with E-state index < -0.39 is 0 Å². The number of nitrogens with zero attached hydrogens (tertiary/aromatic N) is 4. The number of nitrogens with one attached hydrogen (secondary N) is 1. The van der Waals surface area contributed by atoms with Crippen molar-refractivity contribution in [3.05, 3.63) is 30.2 Å². The lowest BCUT2D eigenvalue weighted by Gasteiger charge is -1.95. The van der Waals surface area contributed by atoms with E-state index in [-0.39, 0.29) is 11.9 Å². The van der Waals surface area contributed by atoms with Crippen LogP contribution in [0.25, 0.3) is 6.08 Å². The highest BCUT2D eigenvalue weighted by molar-refractivity contribution is 6.00. The Labute approximate surface area is 110 Å². The fourth-order valence-electron chi connectivity index (χ4n) is 1.38. The lowest BCUT2D eigenvalue weighted by molar-refractivity contribution is -0.111. The molecule has 0 spiro atoms. The summed E-state index contributed by atoms with van der Waals surface area (Å²) in [6.45, 7) is 2.78. The molecule has 0 atom stereocenters. The summed E-state index contributed by atoms with van der Waals surface area (Å²) in [4.78, 5) is 13.0. The number of amides is 1. The van der Waals surface area contributed by atoms with Gasteiger partial charge >= 0.3 is 0 Å². The molecule has 19 heavy (non-hydrogen) atoms. The topological polar surface area (TPSA) is 85.8 Å². The van der Waals surface area contributed by atoms with E-state index in [1.165, 1.54) is 10.9 Å². The zero-order valence-corrected chi connectivity index (χ0v) is 10.6. The van der Waals surface area contributed by atoms with Gasteiger partial charge in [-0.1, -0.05) is 18.4 Å². The lowest BCUT2D eigenvalue weighted by atomic mass is 10.3. The van der Waals surface area contributed by atoms with E-state index in [1.807, 2.05) is 0 Å². The Kier molecular flexibility index (Phi) is 4.44. The molecule has 0 radical (unpaired) electrons. The molecule has 0 aromatic carbocycles. The number of anilines is 1. The number of carbonyl (C=O) groups is 1. The van der Waals surface area contributed by atoms with Crippen LogP contribution in [0, 0.1) is 0 Å². The molecule has 0 aliphatic carbocycles. The van der Waals surface area contributed by atoms with Gasteiger partial charge in [0.25, 0.3) is 11.9 Å². The third-order valence-electron chi connectivity index (χ3n) is 2.34. The van der Waals surface area contributed by atoms with Crippen molar-refractivity contribution in [3.8, 4) is 0 Å². The maximum atomic E-state index is 11.6. The van der Waals surface area contributed by atoms with Crippen LogP contribution in [0.2, 0.25) is 0 Å². The second kappa shape index (κ2) is 6.48. The van der Waals surface area contributed by atoms with E-state index in [0.29, 0.717) is 12.3 Å². The molecule has 0 aliphatic heterocycles. The van der Waals surface area contributed by atoms with Gasteiger partial charge in [0.1, 0.15) is 5.76 Å². The molecule has 0 saturated heterocycles. The van der Waals surface area contributed by atoms with Crippen molar-refractivity contribution in [1.29, 1.82) is 0 Å². The molecule has 0 saturated carbocycles. The van der Waals surface area contributed by atoms with E-state index in [2.05, 4.69) is 27.7 Å². The Bertz CT molecular complexity index is 544. The normalized spacial score (nSPS) is 11.0. The van der Waals surface area contributed by atoms with Crippen molar-refractivity contribution >= 4 is 17.9 Å². The average Bonchev–Trinajstić information content (AvgIpc) is 3.05. The minimum Gasteiger partial charge on any atom is -0.465 e. The minimum absolute atomic E-state index is 0.199. The predicted molar refractivity (Wildman–Crippen MR) is 69.1 cm³/mol. The van der Waals surface area contributed by atoms with Crippen LogP contribution in [0.5, 0.6) is 0 Å². The first-order valence-corrected chi connectivity index (χ1v) is 6.08. The molecule has 7 heteroatoms. The second-order valence-electron chi connectivity index (χ2n) is 3.90. The first-order chi connectivity index (χ1) is 9.28. The van der Waals surface area contributed by atoms with Crippen LogP contribution in [0.3, 0.4) is 0 Å². The summed E-state index contributed by atoms with van der Waals surface area (Å²) >= 11 is 0. The van der Waals surface area contributed by atoms with Gasteiger partial charge in [-0.2, -0.15) is 4.80 Å². The Hall–Kier alpha value is -2.44. The highest BCUT2D eigenvalue weighted by Gasteiger charge is 2.04. The number of hydrogen-bond acceptors (Lipinski definition) is 5. The van der Waals surface area contributed by atoms with Crippen LogP contribution < -0.4 is 5.32 Å². The summed E-state index contributed by atoms with van der Waals surface area (Å²) in [5, 5.41) is 14.1. The standard InChI is InChI=1S/C12H15N5O2/c1-2-3-8-17-15-12(14-16-17)13-11(18)7-6-10-5-4-9-19-10/h4-7,9H,2-3,8H2,1H3,(H,13,15,18). The van der Waals surface area contributed by atoms with Gasteiger partial charge in [-0.3, -0.25) is 10.1 Å². The first kappa shape index (κ1) is 13.0. The molecule has 0 bridgehead atoms. The van der Waals surface area contributed by atoms with Crippen LogP contribution in [-0.4, -0.2) is 26.1 Å². The number of carbonyl (C=O) groups excluding carboxylic acids is 1. The van der Waals surface area contributed by atoms with Gasteiger partial charge in [-0.25, -0.2) is 0 Å². The van der Waals surface area contributed by atoms with Crippen LogP contribution >= 0.6 is 0 Å². The smallest absolute Gasteiger partial charge is 0.270 e. The van der Waals surface area contributed by atoms with Crippen LogP contribution in [0.1, 0.15) is 25.5 Å². The number of furan rings is 1. The van der Waals surface area contributed by atoms with E-state index in [0.717, 1.165) is 12.8 Å². The highest BCUT2D eigenvalue weighted by Crippen LogP contribution is 2.03. The zero-order valence-electron chi connectivity index (χ0n) is 10.6. The second-order valence-corrected chi connectivity index (χ2v) is 3.90. The van der Waals surface area contributed by atoms with Crippen molar-refractivity contribution in [1.82, 2.24) is 20.2 Å². The van der Waals surface area contributed by atoms with E-state index in [9.17, 15) is 4.79 Å². The summed E-state index contributed by atoms with van der Waals surface area (Å²) < 4.78 is 5.07. The molecule has 0 aliphatic rings. The molecular weight excluding hydrogens is 246 g/mol. The quantitative estimate of drug-likeness (QED) is 0.800. The van der Waals surface area contributed by atoms with Crippen molar-refractivity contribution in [3.63, 3.8) is 0 Å². The molecular formula is C12H15N5O2. The molecule has 2 rings (SSSR count). The minimum atomic E-state index is -0.327. The predicted octanol–water partition coefficient (Wildman–Crippen LogP) is 1.72. The first-order valence-electron chi connectivity index (χ1n) is 6.08. The number of tetrazole rings is 1. The summed E-state index contributed by atoms with van der Waals surface area (Å²) in [6, 6.07) is 3.50. The Morgan fingerprint density at radius 2 is 2.47 bits per heavy atom. The number of unbranched alkanes of at least 4 members (excludes halogenated alkanes) is 1. The summed E-state index contributed by atoms with van der Waals surface area (Å²) in [5.74, 6) is 0.478. The lowest BCUT2D eigenvalue weighted by Crippen LogP contribution is -2.10. The number of rotatable bonds is 6. The van der Waals surface area contributed by atoms with Crippen LogP contribution in [0.15, 0.2) is 28.9 Å². The van der Waals surface area contributed by atoms with Crippen molar-refractivity contribution in [2.24, 2.45) is 0 Å². The van der Waals surface area contributed by atoms with Gasteiger partial charge in [-0.05, 0) is 29.8 Å². The van der Waals surface area contributed by atoms with Crippen LogP contribution in [-0.2, 0) is 11.3 Å². The maximum absolute atomic E-state index is 11.6. The average molecular weight is 261 g/mol. The van der Waals surface area contributed by atoms with E-state index in [1.54, 1.807) is 24.5 Å². The van der Waals surface area contributed by atoms with Crippen molar-refractivity contribution < 1.29 is 9.21 Å². The van der Waals surface area contributed by atoms with E-state index >= 15 is 0 Å². The molecule has 1 N–H and O–H groups in total. The van der Waals surface area contributed by atoms with Crippen molar-refractivity contribution in [2.75, 3.05) is 5.32 Å². The third kappa shape index (κ3) is 4.06. The Morgan fingerprint density at radius 3 is 3.21 bits per heavy atom. The van der Waals surface area contributed by atoms with Crippen LogP contribution in [0.4, 0.5) is 5.95 Å². The fraction of sp³-hybridized carbons (Fsp3) is 0.333. The number of aromatic nitrogens is 4. The van der Waals surface area contributed by atoms with Gasteiger partial charge in [0.2, 0.25) is 0 Å². The van der Waals surface area contributed by atoms with Gasteiger partial charge in [0.05, 0.1) is 12.8 Å². The van der Waals surface area contributed by atoms with Gasteiger partial charge in [-0.15, -0.1) is 5.10 Å². The van der Waals surface area contributed by atoms with Crippen molar-refractivity contribution in [2.45, 2.75) is 26.3 Å². The van der Waals surface area contributed by atoms with Gasteiger partial charge < -0.3 is 4.42 Å². The molecule has 0 fully saturated rings. The van der Waals surface area contributed by atoms with E-state index in [4.69, 9.17) is 4.42 Å². The monoisotopic (exact) mass is 261 g/mol. The summed E-state index contributed by atoms with van der Waals surface area (Å²) in [6.07, 6.45) is 6.48. The molecule has 2 aromatic rings. The SMILES string of the molecule is CCCCn1nnc(NC(=O)C=Cc2ccco2)n1. The number of hydrogen-bond donors (Lipinski definition) is 1. The molecule has 100 valence electrons. The highest BCUT2D eigenvalue weighted by atomic mass is 16.3. The third-order valence-corrected chi connectivity index (χ3v) is 2.34. The van der Waals surface area contributed by atoms with Gasteiger partial charge in [0, 0.05) is 6.08 Å². The number of aryl methyl sites for hydroxylation is 1. The zero-order chi connectivity index (χ0) is 13.5. The molecule has 0 unspecified atom stereocenters. The largest absolute Gasteiger partial charge is 0.465 e. The maximum Gasteiger partial charge on any atom is 0.270 e. The van der Waals surface area contributed by atoms with Gasteiger partial charge in [0.15, 0.2) is 0 Å². The fourth-order valence-corrected chi connectivity index (χ4v) is 1.38. The molecule has 2 aromatic heterocycles.